The maximum atomic E-state index is 13.4. The molecule has 1 fully saturated rings. The smallest absolute Gasteiger partial charge is 0.272 e. The molecule has 0 radical (unpaired) electrons. The molecule has 3 aromatic rings. The fourth-order valence-corrected chi connectivity index (χ4v) is 3.74. The predicted molar refractivity (Wildman–Crippen MR) is 113 cm³/mol. The Balaban J connectivity index is 1.69. The lowest BCUT2D eigenvalue weighted by Gasteiger charge is -2.30. The lowest BCUT2D eigenvalue weighted by molar-refractivity contribution is -0.123. The Morgan fingerprint density at radius 2 is 1.71 bits per heavy atom. The van der Waals surface area contributed by atoms with Gasteiger partial charge in [-0.15, -0.1) is 0 Å². The van der Waals surface area contributed by atoms with Gasteiger partial charge in [0, 0.05) is 24.6 Å². The zero-order chi connectivity index (χ0) is 22.0. The molecule has 0 spiro atoms. The molecule has 31 heavy (non-hydrogen) atoms. The van der Waals surface area contributed by atoms with Gasteiger partial charge in [-0.3, -0.25) is 9.59 Å². The zero-order valence-electron chi connectivity index (χ0n) is 17.1. The monoisotopic (exact) mass is 422 g/mol. The number of rotatable bonds is 5. The first-order valence-corrected chi connectivity index (χ1v) is 10.1. The summed E-state index contributed by atoms with van der Waals surface area (Å²) in [6.45, 7) is 0.901. The van der Waals surface area contributed by atoms with Crippen LogP contribution >= 0.6 is 0 Å². The summed E-state index contributed by atoms with van der Waals surface area (Å²) in [4.78, 5) is 26.5. The number of piperidine rings is 1. The van der Waals surface area contributed by atoms with Crippen LogP contribution in [0.5, 0.6) is 5.75 Å². The van der Waals surface area contributed by atoms with E-state index in [1.807, 2.05) is 12.1 Å². The molecule has 1 aliphatic heterocycles. The third-order valence-electron chi connectivity index (χ3n) is 5.57. The van der Waals surface area contributed by atoms with Crippen LogP contribution in [0.15, 0.2) is 54.6 Å². The number of carbonyl (C=O) groups excluding carboxylic acids is 2. The van der Waals surface area contributed by atoms with Gasteiger partial charge in [0.25, 0.3) is 5.91 Å². The van der Waals surface area contributed by atoms with E-state index in [4.69, 9.17) is 10.5 Å². The lowest BCUT2D eigenvalue weighted by Crippen LogP contribution is -2.42. The average Bonchev–Trinajstić information content (AvgIpc) is 3.24. The minimum atomic E-state index is -0.341. The number of carbonyl (C=O) groups is 2. The van der Waals surface area contributed by atoms with Gasteiger partial charge in [0.15, 0.2) is 0 Å². The van der Waals surface area contributed by atoms with E-state index in [-0.39, 0.29) is 23.5 Å². The molecule has 4 rings (SSSR count). The first-order valence-electron chi connectivity index (χ1n) is 10.1. The number of primary amides is 1. The molecule has 1 saturated heterocycles. The molecule has 2 aromatic carbocycles. The summed E-state index contributed by atoms with van der Waals surface area (Å²) in [5, 5.41) is 4.63. The highest BCUT2D eigenvalue weighted by molar-refractivity contribution is 5.94. The van der Waals surface area contributed by atoms with Crippen molar-refractivity contribution in [2.45, 2.75) is 12.8 Å². The molecule has 160 valence electrons. The van der Waals surface area contributed by atoms with Crippen molar-refractivity contribution in [3.05, 3.63) is 66.1 Å². The van der Waals surface area contributed by atoms with Gasteiger partial charge in [0.2, 0.25) is 5.91 Å². The second kappa shape index (κ2) is 8.59. The molecule has 0 unspecified atom stereocenters. The third kappa shape index (κ3) is 4.28. The molecule has 8 heteroatoms. The van der Waals surface area contributed by atoms with Gasteiger partial charge in [-0.2, -0.15) is 5.10 Å². The summed E-state index contributed by atoms with van der Waals surface area (Å²) in [6.07, 6.45) is 1.09. The molecule has 1 aromatic heterocycles. The third-order valence-corrected chi connectivity index (χ3v) is 5.57. The Labute approximate surface area is 179 Å². The van der Waals surface area contributed by atoms with Crippen LogP contribution in [0.4, 0.5) is 4.39 Å². The second-order valence-electron chi connectivity index (χ2n) is 7.50. The van der Waals surface area contributed by atoms with Crippen LogP contribution in [0.2, 0.25) is 0 Å². The number of hydrogen-bond acceptors (Lipinski definition) is 4. The van der Waals surface area contributed by atoms with Gasteiger partial charge in [0.05, 0.1) is 18.5 Å². The van der Waals surface area contributed by atoms with E-state index < -0.39 is 0 Å². The number of likely N-dealkylation sites (tertiary alicyclic amines) is 1. The van der Waals surface area contributed by atoms with E-state index in [9.17, 15) is 14.0 Å². The predicted octanol–water partition coefficient (Wildman–Crippen LogP) is 3.02. The van der Waals surface area contributed by atoms with E-state index in [0.29, 0.717) is 54.3 Å². The van der Waals surface area contributed by atoms with Crippen LogP contribution in [0.25, 0.3) is 16.9 Å². The van der Waals surface area contributed by atoms with Gasteiger partial charge >= 0.3 is 0 Å². The second-order valence-corrected chi connectivity index (χ2v) is 7.50. The summed E-state index contributed by atoms with van der Waals surface area (Å²) in [6, 6.07) is 14.9. The molecule has 0 atom stereocenters. The largest absolute Gasteiger partial charge is 0.497 e. The molecule has 2 heterocycles. The summed E-state index contributed by atoms with van der Waals surface area (Å²) < 4.78 is 20.2. The SMILES string of the molecule is COc1ccc(-n2nc(-c3ccc(F)cc3)cc2C(=O)N2CCC(C(N)=O)CC2)cc1. The van der Waals surface area contributed by atoms with Crippen molar-refractivity contribution in [2.75, 3.05) is 20.2 Å². The normalized spacial score (nSPS) is 14.5. The number of halogens is 1. The van der Waals surface area contributed by atoms with Crippen molar-refractivity contribution in [2.24, 2.45) is 11.7 Å². The summed E-state index contributed by atoms with van der Waals surface area (Å²) >= 11 is 0. The Hall–Kier alpha value is -3.68. The Morgan fingerprint density at radius 3 is 2.29 bits per heavy atom. The van der Waals surface area contributed by atoms with E-state index in [1.165, 1.54) is 12.1 Å². The molecule has 2 N–H and O–H groups in total. The van der Waals surface area contributed by atoms with Crippen LogP contribution in [0, 0.1) is 11.7 Å². The minimum absolute atomic E-state index is 0.181. The molecule has 0 aliphatic carbocycles. The number of hydrogen-bond donors (Lipinski definition) is 1. The number of amides is 2. The molecule has 0 bridgehead atoms. The minimum Gasteiger partial charge on any atom is -0.497 e. The quantitative estimate of drug-likeness (QED) is 0.684. The van der Waals surface area contributed by atoms with Gasteiger partial charge in [-0.1, -0.05) is 0 Å². The summed E-state index contributed by atoms with van der Waals surface area (Å²) in [5.74, 6) is -0.359. The zero-order valence-corrected chi connectivity index (χ0v) is 17.1. The van der Waals surface area contributed by atoms with Crippen molar-refractivity contribution in [3.63, 3.8) is 0 Å². The molecular weight excluding hydrogens is 399 g/mol. The van der Waals surface area contributed by atoms with E-state index >= 15 is 0 Å². The van der Waals surface area contributed by atoms with Crippen molar-refractivity contribution < 1.29 is 18.7 Å². The van der Waals surface area contributed by atoms with Gasteiger partial charge in [-0.05, 0) is 67.4 Å². The van der Waals surface area contributed by atoms with Crippen molar-refractivity contribution in [3.8, 4) is 22.7 Å². The van der Waals surface area contributed by atoms with Crippen molar-refractivity contribution >= 4 is 11.8 Å². The van der Waals surface area contributed by atoms with Crippen molar-refractivity contribution in [1.82, 2.24) is 14.7 Å². The maximum absolute atomic E-state index is 13.4. The molecular formula is C23H23FN4O3. The van der Waals surface area contributed by atoms with E-state index in [1.54, 1.807) is 47.0 Å². The van der Waals surface area contributed by atoms with E-state index in [0.717, 1.165) is 0 Å². The number of methoxy groups -OCH3 is 1. The van der Waals surface area contributed by atoms with Crippen LogP contribution in [0.3, 0.4) is 0 Å². The molecule has 0 saturated carbocycles. The van der Waals surface area contributed by atoms with Crippen LogP contribution in [-0.2, 0) is 4.79 Å². The van der Waals surface area contributed by atoms with Gasteiger partial charge < -0.3 is 15.4 Å². The van der Waals surface area contributed by atoms with Gasteiger partial charge in [0.1, 0.15) is 17.3 Å². The first kappa shape index (κ1) is 20.6. The highest BCUT2D eigenvalue weighted by atomic mass is 19.1. The Morgan fingerprint density at radius 1 is 1.06 bits per heavy atom. The van der Waals surface area contributed by atoms with Crippen LogP contribution in [0.1, 0.15) is 23.3 Å². The standard InChI is InChI=1S/C23H23FN4O3/c1-31-19-8-6-18(7-9-19)28-21(14-20(26-28)15-2-4-17(24)5-3-15)23(30)27-12-10-16(11-13-27)22(25)29/h2-9,14,16H,10-13H2,1H3,(H2,25,29). The fraction of sp³-hybridized carbons (Fsp3) is 0.261. The van der Waals surface area contributed by atoms with Crippen LogP contribution < -0.4 is 10.5 Å². The first-order chi connectivity index (χ1) is 15.0. The lowest BCUT2D eigenvalue weighted by atomic mass is 9.96. The summed E-state index contributed by atoms with van der Waals surface area (Å²) in [5.41, 5.74) is 7.76. The number of nitrogens with zero attached hydrogens (tertiary/aromatic N) is 3. The maximum Gasteiger partial charge on any atom is 0.272 e. The molecule has 1 aliphatic rings. The molecule has 2 amide bonds. The molecule has 7 nitrogen and oxygen atoms in total. The number of ether oxygens (including phenoxy) is 1. The average molecular weight is 422 g/mol. The topological polar surface area (TPSA) is 90.5 Å². The van der Waals surface area contributed by atoms with E-state index in [2.05, 4.69) is 5.10 Å². The highest BCUT2D eigenvalue weighted by Gasteiger charge is 2.29. The fourth-order valence-electron chi connectivity index (χ4n) is 3.74. The number of benzene rings is 2. The Bertz CT molecular complexity index is 1090. The Kier molecular flexibility index (Phi) is 5.70. The van der Waals surface area contributed by atoms with Crippen molar-refractivity contribution in [1.29, 1.82) is 0 Å². The highest BCUT2D eigenvalue weighted by Crippen LogP contribution is 2.26. The van der Waals surface area contributed by atoms with Gasteiger partial charge in [-0.25, -0.2) is 9.07 Å². The van der Waals surface area contributed by atoms with Crippen LogP contribution in [-0.4, -0.2) is 46.7 Å². The number of nitrogens with two attached hydrogens (primary N) is 1. The summed E-state index contributed by atoms with van der Waals surface area (Å²) in [7, 11) is 1.58. The number of aromatic nitrogens is 2.